The number of amides is 1. The molecule has 0 spiro atoms. The molecule has 2 aromatic heterocycles. The van der Waals surface area contributed by atoms with E-state index in [0.29, 0.717) is 0 Å². The van der Waals surface area contributed by atoms with Gasteiger partial charge in [-0.3, -0.25) is 19.9 Å². The molecule has 3 rings (SSSR count). The van der Waals surface area contributed by atoms with Crippen molar-refractivity contribution in [1.82, 2.24) is 15.3 Å². The predicted octanol–water partition coefficient (Wildman–Crippen LogP) is 3.50. The minimum atomic E-state index is -1.31. The van der Waals surface area contributed by atoms with Crippen molar-refractivity contribution in [2.24, 2.45) is 0 Å². The molecule has 2 heterocycles. The molecule has 1 aromatic carbocycles. The molecule has 0 fully saturated rings. The number of carbonyl (C=O) groups is 1. The second-order valence-electron chi connectivity index (χ2n) is 6.22. The zero-order valence-corrected chi connectivity index (χ0v) is 16.4. The Morgan fingerprint density at radius 1 is 1.19 bits per heavy atom. The van der Waals surface area contributed by atoms with E-state index in [4.69, 9.17) is 4.74 Å². The van der Waals surface area contributed by atoms with Crippen LogP contribution < -0.4 is 14.8 Å². The molecule has 0 bridgehead atoms. The molecule has 3 aromatic rings. The normalized spacial score (nSPS) is 11.5. The fourth-order valence-electron chi connectivity index (χ4n) is 2.85. The van der Waals surface area contributed by atoms with E-state index in [1.54, 1.807) is 0 Å². The van der Waals surface area contributed by atoms with E-state index < -0.39 is 41.1 Å². The van der Waals surface area contributed by atoms with Gasteiger partial charge in [-0.2, -0.15) is 0 Å². The molecule has 12 heteroatoms. The van der Waals surface area contributed by atoms with Crippen LogP contribution in [0, 0.1) is 21.7 Å². The van der Waals surface area contributed by atoms with E-state index in [1.807, 2.05) is 0 Å². The Kier molecular flexibility index (Phi) is 6.83. The van der Waals surface area contributed by atoms with Gasteiger partial charge in [-0.05, 0) is 29.8 Å². The highest BCUT2D eigenvalue weighted by Crippen LogP contribution is 2.29. The largest absolute Gasteiger partial charge is 0.489 e. The second kappa shape index (κ2) is 9.73. The lowest BCUT2D eigenvalue weighted by Crippen LogP contribution is -2.31. The highest BCUT2D eigenvalue weighted by atomic mass is 19.1. The summed E-state index contributed by atoms with van der Waals surface area (Å²) in [5.41, 5.74) is -1.06. The Balaban J connectivity index is 2.01. The summed E-state index contributed by atoms with van der Waals surface area (Å²) in [4.78, 5) is 31.0. The number of hydrogen-bond donors (Lipinski definition) is 1. The lowest BCUT2D eigenvalue weighted by molar-refractivity contribution is -0.385. The molecule has 1 N–H and O–H groups in total. The van der Waals surface area contributed by atoms with E-state index in [1.165, 1.54) is 25.4 Å². The van der Waals surface area contributed by atoms with E-state index in [0.717, 1.165) is 30.5 Å². The van der Waals surface area contributed by atoms with Crippen LogP contribution in [0.1, 0.15) is 27.8 Å². The number of rotatable bonds is 8. The molecule has 1 atom stereocenters. The van der Waals surface area contributed by atoms with Crippen LogP contribution in [0.25, 0.3) is 0 Å². The number of ether oxygens (including phenoxy) is 2. The van der Waals surface area contributed by atoms with Gasteiger partial charge in [0.2, 0.25) is 12.6 Å². The molecule has 166 valence electrons. The average Bonchev–Trinajstić information content (AvgIpc) is 2.79. The molecule has 0 aliphatic rings. The van der Waals surface area contributed by atoms with Gasteiger partial charge >= 0.3 is 5.69 Å². The Morgan fingerprint density at radius 2 is 1.97 bits per heavy atom. The number of hydrogen-bond acceptors (Lipinski definition) is 7. The minimum Gasteiger partial charge on any atom is -0.489 e. The van der Waals surface area contributed by atoms with E-state index in [9.17, 15) is 28.1 Å². The SMILES string of the molecule is COc1cnc(C(=O)N[C@@H](c2ccc(OCF)c(F)c2)c2ncccc2F)cc1[N+](=O)[O-]. The molecule has 32 heavy (non-hydrogen) atoms. The molecule has 9 nitrogen and oxygen atoms in total. The molecule has 0 saturated heterocycles. The van der Waals surface area contributed by atoms with Crippen molar-refractivity contribution in [3.63, 3.8) is 0 Å². The third-order valence-corrected chi connectivity index (χ3v) is 4.33. The third-order valence-electron chi connectivity index (χ3n) is 4.33. The topological polar surface area (TPSA) is 116 Å². The number of nitro groups is 1. The summed E-state index contributed by atoms with van der Waals surface area (Å²) in [7, 11) is 1.20. The molecular formula is C20H15F3N4O5. The number of aromatic nitrogens is 2. The first kappa shape index (κ1) is 22.5. The van der Waals surface area contributed by atoms with Gasteiger partial charge in [0.1, 0.15) is 17.2 Å². The van der Waals surface area contributed by atoms with Crippen LogP contribution in [0.4, 0.5) is 18.9 Å². The van der Waals surface area contributed by atoms with Crippen LogP contribution in [0.3, 0.4) is 0 Å². The first-order valence-corrected chi connectivity index (χ1v) is 8.93. The Hall–Kier alpha value is -4.22. The van der Waals surface area contributed by atoms with Crippen LogP contribution in [-0.4, -0.2) is 34.8 Å². The van der Waals surface area contributed by atoms with Gasteiger partial charge in [-0.15, -0.1) is 0 Å². The van der Waals surface area contributed by atoms with Crippen LogP contribution in [0.15, 0.2) is 48.8 Å². The summed E-state index contributed by atoms with van der Waals surface area (Å²) >= 11 is 0. The quantitative estimate of drug-likeness (QED) is 0.414. The molecular weight excluding hydrogens is 433 g/mol. The number of halogens is 3. The van der Waals surface area contributed by atoms with Crippen LogP contribution in [0.5, 0.6) is 11.5 Å². The van der Waals surface area contributed by atoms with Crippen molar-refractivity contribution in [1.29, 1.82) is 0 Å². The first-order chi connectivity index (χ1) is 15.3. The molecule has 0 aliphatic carbocycles. The first-order valence-electron chi connectivity index (χ1n) is 8.93. The Labute approximate surface area is 179 Å². The zero-order chi connectivity index (χ0) is 23.3. The van der Waals surface area contributed by atoms with Gasteiger partial charge < -0.3 is 14.8 Å². The van der Waals surface area contributed by atoms with E-state index >= 15 is 0 Å². The standard InChI is InChI=1S/C20H15F3N4O5/c1-31-17-9-25-14(8-15(17)27(29)30)20(28)26-18(19-12(22)3-2-6-24-19)11-4-5-16(32-10-21)13(23)7-11/h2-9,18H,10H2,1H3,(H,26,28)/t18-/m0/s1. The number of alkyl halides is 1. The smallest absolute Gasteiger partial charge is 0.314 e. The summed E-state index contributed by atoms with van der Waals surface area (Å²) in [6.45, 7) is -1.26. The third kappa shape index (κ3) is 4.74. The Bertz CT molecular complexity index is 1160. The maximum atomic E-state index is 14.4. The van der Waals surface area contributed by atoms with Gasteiger partial charge in [0.15, 0.2) is 11.6 Å². The summed E-state index contributed by atoms with van der Waals surface area (Å²) in [5, 5.41) is 13.7. The molecule has 1 amide bonds. The number of nitrogens with zero attached hydrogens (tertiary/aromatic N) is 3. The number of carbonyl (C=O) groups excluding carboxylic acids is 1. The summed E-state index contributed by atoms with van der Waals surface area (Å²) in [5.74, 6) is -3.21. The van der Waals surface area contributed by atoms with Crippen LogP contribution in [-0.2, 0) is 0 Å². The number of benzene rings is 1. The van der Waals surface area contributed by atoms with Gasteiger partial charge in [-0.1, -0.05) is 6.07 Å². The molecule has 0 unspecified atom stereocenters. The number of methoxy groups -OCH3 is 1. The number of nitrogens with one attached hydrogen (secondary N) is 1. The lowest BCUT2D eigenvalue weighted by atomic mass is 10.0. The van der Waals surface area contributed by atoms with Crippen LogP contribution in [0.2, 0.25) is 0 Å². The monoisotopic (exact) mass is 448 g/mol. The van der Waals surface area contributed by atoms with Crippen LogP contribution >= 0.6 is 0 Å². The highest BCUT2D eigenvalue weighted by molar-refractivity contribution is 5.93. The predicted molar refractivity (Wildman–Crippen MR) is 104 cm³/mol. The minimum absolute atomic E-state index is 0.0580. The van der Waals surface area contributed by atoms with Gasteiger partial charge in [0.05, 0.1) is 30.3 Å². The maximum absolute atomic E-state index is 14.4. The lowest BCUT2D eigenvalue weighted by Gasteiger charge is -2.20. The highest BCUT2D eigenvalue weighted by Gasteiger charge is 2.26. The average molecular weight is 448 g/mol. The second-order valence-corrected chi connectivity index (χ2v) is 6.22. The van der Waals surface area contributed by atoms with Crippen molar-refractivity contribution in [3.05, 3.63) is 87.5 Å². The van der Waals surface area contributed by atoms with Crippen molar-refractivity contribution in [2.45, 2.75) is 6.04 Å². The summed E-state index contributed by atoms with van der Waals surface area (Å²) in [6.07, 6.45) is 2.26. The molecule has 0 aliphatic heterocycles. The molecule has 0 radical (unpaired) electrons. The summed E-state index contributed by atoms with van der Waals surface area (Å²) < 4.78 is 50.4. The van der Waals surface area contributed by atoms with Crippen molar-refractivity contribution in [3.8, 4) is 11.5 Å². The number of pyridine rings is 2. The van der Waals surface area contributed by atoms with Gasteiger partial charge in [0.25, 0.3) is 5.91 Å². The van der Waals surface area contributed by atoms with Gasteiger partial charge in [0, 0.05) is 6.20 Å². The Morgan fingerprint density at radius 3 is 2.59 bits per heavy atom. The van der Waals surface area contributed by atoms with E-state index in [-0.39, 0.29) is 28.5 Å². The van der Waals surface area contributed by atoms with Crippen molar-refractivity contribution < 1.29 is 32.4 Å². The van der Waals surface area contributed by atoms with Crippen molar-refractivity contribution >= 4 is 11.6 Å². The fourth-order valence-corrected chi connectivity index (χ4v) is 2.85. The maximum Gasteiger partial charge on any atom is 0.314 e. The van der Waals surface area contributed by atoms with E-state index in [2.05, 4.69) is 20.0 Å². The fraction of sp³-hybridized carbons (Fsp3) is 0.150. The summed E-state index contributed by atoms with van der Waals surface area (Å²) in [6, 6.07) is 5.32. The van der Waals surface area contributed by atoms with Gasteiger partial charge in [-0.25, -0.2) is 18.2 Å². The molecule has 0 saturated carbocycles. The van der Waals surface area contributed by atoms with Crippen molar-refractivity contribution in [2.75, 3.05) is 14.0 Å². The zero-order valence-electron chi connectivity index (χ0n) is 16.4.